The van der Waals surface area contributed by atoms with Crippen molar-refractivity contribution < 1.29 is 23.8 Å². The van der Waals surface area contributed by atoms with Crippen molar-refractivity contribution in [3.05, 3.63) is 24.3 Å². The molecule has 0 aromatic heterocycles. The van der Waals surface area contributed by atoms with Gasteiger partial charge in [0.25, 0.3) is 5.91 Å². The van der Waals surface area contributed by atoms with Crippen LogP contribution in [0.25, 0.3) is 0 Å². The van der Waals surface area contributed by atoms with E-state index in [0.717, 1.165) is 5.75 Å². The van der Waals surface area contributed by atoms with Gasteiger partial charge in [-0.15, -0.1) is 11.8 Å². The van der Waals surface area contributed by atoms with E-state index in [9.17, 15) is 9.59 Å². The third-order valence-electron chi connectivity index (χ3n) is 3.16. The summed E-state index contributed by atoms with van der Waals surface area (Å²) in [4.78, 5) is 24.5. The number of para-hydroxylation sites is 2. The Hall–Kier alpha value is -1.89. The minimum atomic E-state index is -0.456. The van der Waals surface area contributed by atoms with Crippen LogP contribution in [0.15, 0.2) is 24.3 Å². The molecular formula is C15H19NO5S. The number of amides is 1. The number of hydrogen-bond donors (Lipinski definition) is 0. The second kappa shape index (κ2) is 7.93. The Labute approximate surface area is 133 Å². The average molecular weight is 325 g/mol. The maximum atomic E-state index is 12.0. The van der Waals surface area contributed by atoms with E-state index in [0.29, 0.717) is 24.7 Å². The minimum absolute atomic E-state index is 0.0898. The van der Waals surface area contributed by atoms with Gasteiger partial charge in [0, 0.05) is 19.2 Å². The molecule has 1 atom stereocenters. The molecule has 0 N–H and O–H groups in total. The summed E-state index contributed by atoms with van der Waals surface area (Å²) in [7, 11) is 1.58. The number of esters is 1. The van der Waals surface area contributed by atoms with Crippen LogP contribution in [0.4, 0.5) is 0 Å². The highest BCUT2D eigenvalue weighted by Crippen LogP contribution is 2.29. The lowest BCUT2D eigenvalue weighted by atomic mass is 10.3. The van der Waals surface area contributed by atoms with Gasteiger partial charge in [0.15, 0.2) is 18.1 Å². The number of carbonyl (C=O) groups excluding carboxylic acids is 2. The van der Waals surface area contributed by atoms with E-state index >= 15 is 0 Å². The van der Waals surface area contributed by atoms with Crippen molar-refractivity contribution in [3.8, 4) is 11.5 Å². The van der Waals surface area contributed by atoms with Crippen LogP contribution in [0.5, 0.6) is 11.5 Å². The standard InChI is InChI=1S/C15H19NO5S/c1-11(17)20-9-14(18)16-7-8-22-15(16)10-21-13-6-4-3-5-12(13)19-2/h3-6,15H,7-10H2,1-2H3. The van der Waals surface area contributed by atoms with E-state index in [4.69, 9.17) is 14.2 Å². The van der Waals surface area contributed by atoms with Crippen LogP contribution in [-0.2, 0) is 14.3 Å². The molecule has 1 amide bonds. The van der Waals surface area contributed by atoms with Gasteiger partial charge in [0.1, 0.15) is 12.0 Å². The van der Waals surface area contributed by atoms with Gasteiger partial charge < -0.3 is 19.1 Å². The summed E-state index contributed by atoms with van der Waals surface area (Å²) in [5.74, 6) is 1.48. The molecule has 22 heavy (non-hydrogen) atoms. The van der Waals surface area contributed by atoms with Gasteiger partial charge in [0.05, 0.1) is 7.11 Å². The van der Waals surface area contributed by atoms with Crippen molar-refractivity contribution in [3.63, 3.8) is 0 Å². The monoisotopic (exact) mass is 325 g/mol. The van der Waals surface area contributed by atoms with E-state index in [1.54, 1.807) is 23.8 Å². The largest absolute Gasteiger partial charge is 0.493 e. The third kappa shape index (κ3) is 4.30. The first-order valence-electron chi connectivity index (χ1n) is 6.92. The number of ether oxygens (including phenoxy) is 3. The molecular weight excluding hydrogens is 306 g/mol. The molecule has 1 aliphatic heterocycles. The normalized spacial score (nSPS) is 17.2. The molecule has 0 radical (unpaired) electrons. The van der Waals surface area contributed by atoms with Crippen molar-refractivity contribution in [1.29, 1.82) is 0 Å². The fourth-order valence-electron chi connectivity index (χ4n) is 2.09. The predicted molar refractivity (Wildman–Crippen MR) is 83.1 cm³/mol. The Morgan fingerprint density at radius 2 is 2.05 bits per heavy atom. The van der Waals surface area contributed by atoms with E-state index in [1.807, 2.05) is 24.3 Å². The smallest absolute Gasteiger partial charge is 0.303 e. The second-order valence-corrected chi connectivity index (χ2v) is 5.94. The van der Waals surface area contributed by atoms with E-state index < -0.39 is 5.97 Å². The lowest BCUT2D eigenvalue weighted by Crippen LogP contribution is -2.40. The van der Waals surface area contributed by atoms with Gasteiger partial charge in [-0.25, -0.2) is 0 Å². The van der Waals surface area contributed by atoms with Gasteiger partial charge in [-0.3, -0.25) is 9.59 Å². The molecule has 1 fully saturated rings. The van der Waals surface area contributed by atoms with Crippen LogP contribution in [0, 0.1) is 0 Å². The third-order valence-corrected chi connectivity index (χ3v) is 4.35. The van der Waals surface area contributed by atoms with Gasteiger partial charge >= 0.3 is 5.97 Å². The highest BCUT2D eigenvalue weighted by molar-refractivity contribution is 8.00. The Bertz CT molecular complexity index is 536. The average Bonchev–Trinajstić information content (AvgIpc) is 2.99. The zero-order chi connectivity index (χ0) is 15.9. The second-order valence-electron chi connectivity index (χ2n) is 4.65. The SMILES string of the molecule is COc1ccccc1OCC1SCCN1C(=O)COC(C)=O. The molecule has 1 heterocycles. The molecule has 0 saturated carbocycles. The Kier molecular flexibility index (Phi) is 5.94. The Morgan fingerprint density at radius 1 is 1.32 bits per heavy atom. The Balaban J connectivity index is 1.91. The van der Waals surface area contributed by atoms with Crippen LogP contribution >= 0.6 is 11.8 Å². The van der Waals surface area contributed by atoms with Crippen molar-refractivity contribution in [2.75, 3.05) is 32.6 Å². The maximum Gasteiger partial charge on any atom is 0.303 e. The number of rotatable bonds is 6. The summed E-state index contributed by atoms with van der Waals surface area (Å²) in [5, 5.41) is -0.0898. The molecule has 2 rings (SSSR count). The highest BCUT2D eigenvalue weighted by atomic mass is 32.2. The molecule has 0 bridgehead atoms. The van der Waals surface area contributed by atoms with Crippen LogP contribution in [0.1, 0.15) is 6.92 Å². The van der Waals surface area contributed by atoms with Crippen molar-refractivity contribution in [1.82, 2.24) is 4.90 Å². The fraction of sp³-hybridized carbons (Fsp3) is 0.467. The summed E-state index contributed by atoms with van der Waals surface area (Å²) >= 11 is 1.64. The summed E-state index contributed by atoms with van der Waals surface area (Å²) in [6, 6.07) is 7.37. The zero-order valence-corrected chi connectivity index (χ0v) is 13.4. The molecule has 1 aromatic carbocycles. The van der Waals surface area contributed by atoms with Crippen molar-refractivity contribution in [2.45, 2.75) is 12.3 Å². The van der Waals surface area contributed by atoms with Crippen LogP contribution in [-0.4, -0.2) is 54.8 Å². The first-order chi connectivity index (χ1) is 10.6. The number of nitrogens with zero attached hydrogens (tertiary/aromatic N) is 1. The molecule has 120 valence electrons. The molecule has 0 spiro atoms. The van der Waals surface area contributed by atoms with E-state index in [2.05, 4.69) is 0 Å². The summed E-state index contributed by atoms with van der Waals surface area (Å²) in [6.45, 7) is 2.05. The first-order valence-corrected chi connectivity index (χ1v) is 7.97. The minimum Gasteiger partial charge on any atom is -0.493 e. The van der Waals surface area contributed by atoms with Gasteiger partial charge in [-0.05, 0) is 12.1 Å². The fourth-order valence-corrected chi connectivity index (χ4v) is 3.23. The molecule has 7 heteroatoms. The zero-order valence-electron chi connectivity index (χ0n) is 12.6. The predicted octanol–water partition coefficient (Wildman–Crippen LogP) is 1.54. The molecule has 1 saturated heterocycles. The van der Waals surface area contributed by atoms with Gasteiger partial charge in [0.2, 0.25) is 0 Å². The topological polar surface area (TPSA) is 65.1 Å². The number of benzene rings is 1. The summed E-state index contributed by atoms with van der Waals surface area (Å²) in [6.07, 6.45) is 0. The first kappa shape index (κ1) is 16.5. The van der Waals surface area contributed by atoms with Crippen LogP contribution < -0.4 is 9.47 Å². The molecule has 1 unspecified atom stereocenters. The summed E-state index contributed by atoms with van der Waals surface area (Å²) < 4.78 is 15.8. The van der Waals surface area contributed by atoms with Crippen molar-refractivity contribution >= 4 is 23.6 Å². The van der Waals surface area contributed by atoms with Gasteiger partial charge in [-0.2, -0.15) is 0 Å². The number of methoxy groups -OCH3 is 1. The Morgan fingerprint density at radius 3 is 2.73 bits per heavy atom. The van der Waals surface area contributed by atoms with Crippen LogP contribution in [0.3, 0.4) is 0 Å². The number of carbonyl (C=O) groups is 2. The molecule has 1 aliphatic rings. The maximum absolute atomic E-state index is 12.0. The summed E-state index contributed by atoms with van der Waals surface area (Å²) in [5.41, 5.74) is 0. The lowest BCUT2D eigenvalue weighted by molar-refractivity contribution is -0.150. The molecule has 6 nitrogen and oxygen atoms in total. The van der Waals surface area contributed by atoms with Gasteiger partial charge in [-0.1, -0.05) is 12.1 Å². The van der Waals surface area contributed by atoms with Crippen LogP contribution in [0.2, 0.25) is 0 Å². The number of hydrogen-bond acceptors (Lipinski definition) is 6. The lowest BCUT2D eigenvalue weighted by Gasteiger charge is -2.24. The van der Waals surface area contributed by atoms with Crippen molar-refractivity contribution in [2.24, 2.45) is 0 Å². The van der Waals surface area contributed by atoms with E-state index in [-0.39, 0.29) is 17.9 Å². The van der Waals surface area contributed by atoms with E-state index in [1.165, 1.54) is 6.92 Å². The molecule has 0 aliphatic carbocycles. The quantitative estimate of drug-likeness (QED) is 0.739. The molecule has 1 aromatic rings. The highest BCUT2D eigenvalue weighted by Gasteiger charge is 2.30. The number of thioether (sulfide) groups is 1.